The first-order valence-corrected chi connectivity index (χ1v) is 5.15. The van der Waals surface area contributed by atoms with Crippen molar-refractivity contribution in [3.05, 3.63) is 65.2 Å². The smallest absolute Gasteiger partial charge is 0.159 e. The highest BCUT2D eigenvalue weighted by Gasteiger charge is 2.19. The number of aromatic nitrogens is 1. The number of benzene rings is 1. The Labute approximate surface area is 101 Å². The van der Waals surface area contributed by atoms with E-state index in [1.165, 1.54) is 24.4 Å². The van der Waals surface area contributed by atoms with E-state index in [0.29, 0.717) is 0 Å². The summed E-state index contributed by atoms with van der Waals surface area (Å²) >= 11 is 0. The van der Waals surface area contributed by atoms with Crippen molar-refractivity contribution in [1.82, 2.24) is 10.4 Å². The maximum atomic E-state index is 13.6. The standard InChI is InChI=1S/C12H10F3N3/c13-8-4-3-7(6-10(8)15)11(18-16)12-9(14)2-1-5-17-12/h1-6,11,18H,16H2. The summed E-state index contributed by atoms with van der Waals surface area (Å²) in [7, 11) is 0. The number of rotatable bonds is 3. The van der Waals surface area contributed by atoms with Gasteiger partial charge in [0.1, 0.15) is 5.82 Å². The minimum atomic E-state index is -1.02. The molecule has 3 N–H and O–H groups in total. The maximum absolute atomic E-state index is 13.6. The normalized spacial score (nSPS) is 12.4. The van der Waals surface area contributed by atoms with Crippen molar-refractivity contribution in [3.63, 3.8) is 0 Å². The van der Waals surface area contributed by atoms with Crippen molar-refractivity contribution in [2.24, 2.45) is 5.84 Å². The molecule has 1 unspecified atom stereocenters. The Bertz CT molecular complexity index is 560. The molecule has 0 aliphatic carbocycles. The van der Waals surface area contributed by atoms with Crippen molar-refractivity contribution in [1.29, 1.82) is 0 Å². The molecule has 1 atom stereocenters. The summed E-state index contributed by atoms with van der Waals surface area (Å²) < 4.78 is 39.5. The van der Waals surface area contributed by atoms with Crippen molar-refractivity contribution < 1.29 is 13.2 Å². The first-order valence-electron chi connectivity index (χ1n) is 5.15. The van der Waals surface area contributed by atoms with Crippen molar-refractivity contribution in [3.8, 4) is 0 Å². The number of hydrogen-bond donors (Lipinski definition) is 2. The summed E-state index contributed by atoms with van der Waals surface area (Å²) in [5.41, 5.74) is 2.64. The fourth-order valence-corrected chi connectivity index (χ4v) is 1.64. The predicted molar refractivity (Wildman–Crippen MR) is 59.7 cm³/mol. The van der Waals surface area contributed by atoms with Crippen LogP contribution in [-0.2, 0) is 0 Å². The van der Waals surface area contributed by atoms with Crippen LogP contribution in [-0.4, -0.2) is 4.98 Å². The Morgan fingerprint density at radius 1 is 1.06 bits per heavy atom. The van der Waals surface area contributed by atoms with Gasteiger partial charge in [-0.25, -0.2) is 18.6 Å². The fourth-order valence-electron chi connectivity index (χ4n) is 1.64. The van der Waals surface area contributed by atoms with Gasteiger partial charge in [0, 0.05) is 6.20 Å². The Morgan fingerprint density at radius 3 is 2.44 bits per heavy atom. The molecule has 0 amide bonds. The van der Waals surface area contributed by atoms with Crippen LogP contribution in [0.5, 0.6) is 0 Å². The molecule has 2 rings (SSSR count). The van der Waals surface area contributed by atoms with E-state index < -0.39 is 23.5 Å². The third-order valence-corrected chi connectivity index (χ3v) is 2.50. The minimum absolute atomic E-state index is 0.0195. The Kier molecular flexibility index (Phi) is 3.59. The lowest BCUT2D eigenvalue weighted by Gasteiger charge is -2.16. The average molecular weight is 253 g/mol. The monoisotopic (exact) mass is 253 g/mol. The van der Waals surface area contributed by atoms with Crippen LogP contribution in [0.2, 0.25) is 0 Å². The van der Waals surface area contributed by atoms with Crippen LogP contribution in [0.1, 0.15) is 17.3 Å². The molecule has 1 aromatic heterocycles. The number of pyridine rings is 1. The van der Waals surface area contributed by atoms with Crippen LogP contribution >= 0.6 is 0 Å². The molecule has 0 aliphatic rings. The quantitative estimate of drug-likeness (QED) is 0.650. The van der Waals surface area contributed by atoms with Gasteiger partial charge in [0.05, 0.1) is 11.7 Å². The first-order chi connectivity index (χ1) is 8.63. The van der Waals surface area contributed by atoms with Gasteiger partial charge in [0.25, 0.3) is 0 Å². The van der Waals surface area contributed by atoms with Gasteiger partial charge in [-0.15, -0.1) is 0 Å². The second-order valence-electron chi connectivity index (χ2n) is 3.64. The molecule has 0 bridgehead atoms. The number of halogens is 3. The summed E-state index contributed by atoms with van der Waals surface area (Å²) in [6, 6.07) is 5.02. The third kappa shape index (κ3) is 2.34. The molecule has 0 fully saturated rings. The van der Waals surface area contributed by atoms with E-state index in [-0.39, 0.29) is 11.3 Å². The van der Waals surface area contributed by atoms with E-state index >= 15 is 0 Å². The van der Waals surface area contributed by atoms with Gasteiger partial charge in [-0.2, -0.15) is 0 Å². The Morgan fingerprint density at radius 2 is 1.83 bits per heavy atom. The molecule has 0 saturated heterocycles. The summed E-state index contributed by atoms with van der Waals surface area (Å²) in [6.07, 6.45) is 1.39. The minimum Gasteiger partial charge on any atom is -0.271 e. The largest absolute Gasteiger partial charge is 0.271 e. The lowest BCUT2D eigenvalue weighted by atomic mass is 10.0. The summed E-state index contributed by atoms with van der Waals surface area (Å²) in [6.45, 7) is 0. The topological polar surface area (TPSA) is 50.9 Å². The highest BCUT2D eigenvalue weighted by Crippen LogP contribution is 2.23. The van der Waals surface area contributed by atoms with Crippen molar-refractivity contribution in [2.45, 2.75) is 6.04 Å². The molecular weight excluding hydrogens is 243 g/mol. The highest BCUT2D eigenvalue weighted by molar-refractivity contribution is 5.29. The number of nitrogens with two attached hydrogens (primary N) is 1. The van der Waals surface area contributed by atoms with Gasteiger partial charge in [0.15, 0.2) is 11.6 Å². The zero-order chi connectivity index (χ0) is 13.1. The molecule has 1 aromatic carbocycles. The molecule has 18 heavy (non-hydrogen) atoms. The van der Waals surface area contributed by atoms with Gasteiger partial charge in [0.2, 0.25) is 0 Å². The molecular formula is C12H10F3N3. The predicted octanol–water partition coefficient (Wildman–Crippen LogP) is 2.05. The lowest BCUT2D eigenvalue weighted by Crippen LogP contribution is -2.30. The number of nitrogens with zero attached hydrogens (tertiary/aromatic N) is 1. The van der Waals surface area contributed by atoms with E-state index in [1.54, 1.807) is 0 Å². The van der Waals surface area contributed by atoms with E-state index in [0.717, 1.165) is 12.1 Å². The SMILES string of the molecule is NNC(c1ccc(F)c(F)c1)c1ncccc1F. The molecule has 0 spiro atoms. The van der Waals surface area contributed by atoms with Gasteiger partial charge in [-0.05, 0) is 29.8 Å². The Balaban J connectivity index is 2.45. The van der Waals surface area contributed by atoms with Crippen LogP contribution in [0.25, 0.3) is 0 Å². The molecule has 0 radical (unpaired) electrons. The Hall–Kier alpha value is -1.92. The second kappa shape index (κ2) is 5.16. The zero-order valence-corrected chi connectivity index (χ0v) is 9.20. The summed E-state index contributed by atoms with van der Waals surface area (Å²) in [5.74, 6) is 2.74. The van der Waals surface area contributed by atoms with Crippen LogP contribution in [0.4, 0.5) is 13.2 Å². The van der Waals surface area contributed by atoms with Crippen LogP contribution < -0.4 is 11.3 Å². The molecule has 94 valence electrons. The molecule has 0 saturated carbocycles. The summed E-state index contributed by atoms with van der Waals surface area (Å²) in [5, 5.41) is 0. The van der Waals surface area contributed by atoms with E-state index in [9.17, 15) is 13.2 Å². The van der Waals surface area contributed by atoms with Crippen molar-refractivity contribution >= 4 is 0 Å². The second-order valence-corrected chi connectivity index (χ2v) is 3.64. The summed E-state index contributed by atoms with van der Waals surface area (Å²) in [4.78, 5) is 3.84. The highest BCUT2D eigenvalue weighted by atomic mass is 19.2. The number of hydrogen-bond acceptors (Lipinski definition) is 3. The van der Waals surface area contributed by atoms with Gasteiger partial charge in [-0.3, -0.25) is 10.8 Å². The third-order valence-electron chi connectivity index (χ3n) is 2.50. The zero-order valence-electron chi connectivity index (χ0n) is 9.20. The average Bonchev–Trinajstić information content (AvgIpc) is 2.37. The molecule has 3 nitrogen and oxygen atoms in total. The lowest BCUT2D eigenvalue weighted by molar-refractivity contribution is 0.500. The van der Waals surface area contributed by atoms with Crippen molar-refractivity contribution in [2.75, 3.05) is 0 Å². The molecule has 6 heteroatoms. The van der Waals surface area contributed by atoms with Crippen LogP contribution in [0.3, 0.4) is 0 Å². The number of hydrazine groups is 1. The van der Waals surface area contributed by atoms with E-state index in [2.05, 4.69) is 10.4 Å². The van der Waals surface area contributed by atoms with Crippen LogP contribution in [0.15, 0.2) is 36.5 Å². The molecule has 1 heterocycles. The van der Waals surface area contributed by atoms with Gasteiger partial charge >= 0.3 is 0 Å². The van der Waals surface area contributed by atoms with E-state index in [4.69, 9.17) is 5.84 Å². The van der Waals surface area contributed by atoms with Crippen LogP contribution in [0, 0.1) is 17.5 Å². The number of nitrogens with one attached hydrogen (secondary N) is 1. The van der Waals surface area contributed by atoms with Gasteiger partial charge < -0.3 is 0 Å². The molecule has 0 aliphatic heterocycles. The van der Waals surface area contributed by atoms with Gasteiger partial charge in [-0.1, -0.05) is 6.07 Å². The fraction of sp³-hybridized carbons (Fsp3) is 0.0833. The first kappa shape index (κ1) is 12.5. The maximum Gasteiger partial charge on any atom is 0.159 e. The van der Waals surface area contributed by atoms with E-state index in [1.807, 2.05) is 0 Å². The molecule has 2 aromatic rings.